The van der Waals surface area contributed by atoms with Crippen LogP contribution in [0.3, 0.4) is 0 Å². The summed E-state index contributed by atoms with van der Waals surface area (Å²) >= 11 is 1.13. The first-order chi connectivity index (χ1) is 10.2. The van der Waals surface area contributed by atoms with Crippen LogP contribution in [0.2, 0.25) is 0 Å². The van der Waals surface area contributed by atoms with E-state index in [1.807, 2.05) is 54.6 Å². The molecule has 2 aromatic rings. The van der Waals surface area contributed by atoms with Crippen molar-refractivity contribution >= 4 is 28.9 Å². The van der Waals surface area contributed by atoms with Crippen LogP contribution in [0.5, 0.6) is 11.5 Å². The van der Waals surface area contributed by atoms with Crippen LogP contribution >= 0.6 is 11.8 Å². The fourth-order valence-corrected chi connectivity index (χ4v) is 2.55. The van der Waals surface area contributed by atoms with Gasteiger partial charge < -0.3 is 10.1 Å². The Morgan fingerprint density at radius 3 is 2.29 bits per heavy atom. The smallest absolute Gasteiger partial charge is 0.264 e. The van der Waals surface area contributed by atoms with Crippen LogP contribution in [0.25, 0.3) is 6.08 Å². The Hall–Kier alpha value is -2.53. The fraction of sp³-hybridized carbons (Fsp3) is 0. The van der Waals surface area contributed by atoms with E-state index in [0.29, 0.717) is 4.91 Å². The molecule has 0 atom stereocenters. The fourth-order valence-electron chi connectivity index (χ4n) is 1.85. The number of para-hydroxylation sites is 1. The van der Waals surface area contributed by atoms with Gasteiger partial charge in [-0.05, 0) is 47.7 Å². The molecular formula is C16H12N2O2S. The first kappa shape index (κ1) is 13.5. The molecule has 2 aromatic carbocycles. The van der Waals surface area contributed by atoms with E-state index in [1.54, 1.807) is 6.08 Å². The Balaban J connectivity index is 1.74. The van der Waals surface area contributed by atoms with Crippen molar-refractivity contribution in [2.24, 2.45) is 0 Å². The molecule has 0 bridgehead atoms. The molecule has 1 aliphatic heterocycles. The monoisotopic (exact) mass is 296 g/mol. The number of thioether (sulfide) groups is 1. The summed E-state index contributed by atoms with van der Waals surface area (Å²) < 4.78 is 5.70. The Morgan fingerprint density at radius 2 is 1.67 bits per heavy atom. The van der Waals surface area contributed by atoms with Crippen LogP contribution in [0.15, 0.2) is 59.5 Å². The van der Waals surface area contributed by atoms with Crippen LogP contribution in [-0.4, -0.2) is 11.1 Å². The second-order valence-corrected chi connectivity index (χ2v) is 5.43. The number of benzene rings is 2. The lowest BCUT2D eigenvalue weighted by atomic mass is 10.2. The molecular weight excluding hydrogens is 284 g/mol. The van der Waals surface area contributed by atoms with Crippen LogP contribution in [0.4, 0.5) is 0 Å². The molecule has 0 spiro atoms. The zero-order chi connectivity index (χ0) is 14.7. The number of hydrogen-bond donors (Lipinski definition) is 2. The zero-order valence-corrected chi connectivity index (χ0v) is 11.8. The number of amidine groups is 1. The lowest BCUT2D eigenvalue weighted by Crippen LogP contribution is -2.18. The minimum absolute atomic E-state index is 0.162. The predicted octanol–water partition coefficient (Wildman–Crippen LogP) is 3.62. The largest absolute Gasteiger partial charge is 0.457 e. The second-order valence-electron chi connectivity index (χ2n) is 4.38. The number of ether oxygens (including phenoxy) is 1. The summed E-state index contributed by atoms with van der Waals surface area (Å²) in [6, 6.07) is 17.0. The summed E-state index contributed by atoms with van der Waals surface area (Å²) in [6.45, 7) is 0. The van der Waals surface area contributed by atoms with Crippen molar-refractivity contribution in [1.82, 2.24) is 5.32 Å². The molecule has 0 unspecified atom stereocenters. The molecule has 104 valence electrons. The van der Waals surface area contributed by atoms with E-state index >= 15 is 0 Å². The molecule has 4 nitrogen and oxygen atoms in total. The van der Waals surface area contributed by atoms with Gasteiger partial charge in [0.25, 0.3) is 5.91 Å². The van der Waals surface area contributed by atoms with E-state index in [4.69, 9.17) is 10.1 Å². The summed E-state index contributed by atoms with van der Waals surface area (Å²) in [6.07, 6.45) is 1.76. The van der Waals surface area contributed by atoms with Gasteiger partial charge in [-0.1, -0.05) is 30.3 Å². The quantitative estimate of drug-likeness (QED) is 0.850. The summed E-state index contributed by atoms with van der Waals surface area (Å²) in [7, 11) is 0. The molecule has 0 aromatic heterocycles. The highest BCUT2D eigenvalue weighted by atomic mass is 32.2. The van der Waals surface area contributed by atoms with E-state index in [1.165, 1.54) is 0 Å². The highest BCUT2D eigenvalue weighted by Gasteiger charge is 2.21. The van der Waals surface area contributed by atoms with Crippen molar-refractivity contribution < 1.29 is 9.53 Å². The molecule has 0 saturated carbocycles. The lowest BCUT2D eigenvalue weighted by Gasteiger charge is -2.05. The van der Waals surface area contributed by atoms with Crippen molar-refractivity contribution in [1.29, 1.82) is 5.41 Å². The van der Waals surface area contributed by atoms with E-state index < -0.39 is 0 Å². The molecule has 0 aliphatic carbocycles. The summed E-state index contributed by atoms with van der Waals surface area (Å²) in [5, 5.41) is 10.0. The van der Waals surface area contributed by atoms with Crippen molar-refractivity contribution in [2.75, 3.05) is 0 Å². The van der Waals surface area contributed by atoms with Gasteiger partial charge in [0.1, 0.15) is 11.5 Å². The molecule has 3 rings (SSSR count). The minimum atomic E-state index is -0.227. The number of rotatable bonds is 3. The molecule has 0 radical (unpaired) electrons. The van der Waals surface area contributed by atoms with E-state index in [0.717, 1.165) is 28.8 Å². The maximum absolute atomic E-state index is 11.5. The Bertz CT molecular complexity index is 709. The average molecular weight is 296 g/mol. The van der Waals surface area contributed by atoms with Gasteiger partial charge >= 0.3 is 0 Å². The summed E-state index contributed by atoms with van der Waals surface area (Å²) in [4.78, 5) is 12.1. The van der Waals surface area contributed by atoms with Crippen molar-refractivity contribution in [2.45, 2.75) is 0 Å². The van der Waals surface area contributed by atoms with Gasteiger partial charge in [-0.3, -0.25) is 10.2 Å². The highest BCUT2D eigenvalue weighted by Crippen LogP contribution is 2.26. The third-order valence-electron chi connectivity index (χ3n) is 2.82. The van der Waals surface area contributed by atoms with Gasteiger partial charge in [0.2, 0.25) is 0 Å². The number of carbonyl (C=O) groups excluding carboxylic acids is 1. The minimum Gasteiger partial charge on any atom is -0.457 e. The first-order valence-corrected chi connectivity index (χ1v) is 7.15. The second kappa shape index (κ2) is 5.85. The van der Waals surface area contributed by atoms with Crippen LogP contribution < -0.4 is 10.1 Å². The SMILES string of the molecule is N=C1NC(=O)/C(=C/c2ccc(Oc3ccccc3)cc2)S1. The molecule has 1 amide bonds. The van der Waals surface area contributed by atoms with E-state index in [-0.39, 0.29) is 11.1 Å². The van der Waals surface area contributed by atoms with Crippen LogP contribution in [0.1, 0.15) is 5.56 Å². The van der Waals surface area contributed by atoms with Crippen LogP contribution in [-0.2, 0) is 4.79 Å². The Kier molecular flexibility index (Phi) is 3.75. The number of amides is 1. The van der Waals surface area contributed by atoms with Gasteiger partial charge in [0, 0.05) is 0 Å². The number of carbonyl (C=O) groups is 1. The zero-order valence-electron chi connectivity index (χ0n) is 11.0. The Morgan fingerprint density at radius 1 is 1.00 bits per heavy atom. The number of hydrogen-bond acceptors (Lipinski definition) is 4. The van der Waals surface area contributed by atoms with Gasteiger partial charge in [-0.25, -0.2) is 0 Å². The Labute approximate surface area is 126 Å². The molecule has 1 heterocycles. The molecule has 5 heteroatoms. The average Bonchev–Trinajstić information content (AvgIpc) is 2.80. The third kappa shape index (κ3) is 3.32. The molecule has 1 aliphatic rings. The van der Waals surface area contributed by atoms with Gasteiger partial charge in [-0.15, -0.1) is 0 Å². The normalized spacial score (nSPS) is 16.1. The molecule has 21 heavy (non-hydrogen) atoms. The van der Waals surface area contributed by atoms with Crippen LogP contribution in [0, 0.1) is 5.41 Å². The maximum Gasteiger partial charge on any atom is 0.264 e. The topological polar surface area (TPSA) is 62.2 Å². The van der Waals surface area contributed by atoms with Crippen molar-refractivity contribution in [3.05, 3.63) is 65.1 Å². The predicted molar refractivity (Wildman–Crippen MR) is 84.4 cm³/mol. The van der Waals surface area contributed by atoms with Crippen molar-refractivity contribution in [3.63, 3.8) is 0 Å². The highest BCUT2D eigenvalue weighted by molar-refractivity contribution is 8.18. The standard InChI is InChI=1S/C16H12N2O2S/c17-16-18-15(19)14(21-16)10-11-6-8-13(9-7-11)20-12-4-2-1-3-5-12/h1-10H,(H2,17,18,19)/b14-10-. The van der Waals surface area contributed by atoms with E-state index in [9.17, 15) is 4.79 Å². The molecule has 1 saturated heterocycles. The number of nitrogens with one attached hydrogen (secondary N) is 2. The maximum atomic E-state index is 11.5. The molecule has 1 fully saturated rings. The van der Waals surface area contributed by atoms with Gasteiger partial charge in [0.15, 0.2) is 5.17 Å². The van der Waals surface area contributed by atoms with E-state index in [2.05, 4.69) is 5.32 Å². The van der Waals surface area contributed by atoms with Crippen molar-refractivity contribution in [3.8, 4) is 11.5 Å². The summed E-state index contributed by atoms with van der Waals surface area (Å²) in [5.41, 5.74) is 0.891. The first-order valence-electron chi connectivity index (χ1n) is 6.33. The lowest BCUT2D eigenvalue weighted by molar-refractivity contribution is -0.115. The van der Waals surface area contributed by atoms with Gasteiger partial charge in [-0.2, -0.15) is 0 Å². The summed E-state index contributed by atoms with van der Waals surface area (Å²) in [5.74, 6) is 1.29. The molecule has 2 N–H and O–H groups in total. The van der Waals surface area contributed by atoms with Gasteiger partial charge in [0.05, 0.1) is 4.91 Å². The third-order valence-corrected chi connectivity index (χ3v) is 3.65.